The number of morpholine rings is 1. The summed E-state index contributed by atoms with van der Waals surface area (Å²) in [6.07, 6.45) is 7.45. The highest BCUT2D eigenvalue weighted by Gasteiger charge is 2.33. The highest BCUT2D eigenvalue weighted by molar-refractivity contribution is 5.79. The maximum absolute atomic E-state index is 12.8. The lowest BCUT2D eigenvalue weighted by atomic mass is 10.0. The molecule has 0 unspecified atom stereocenters. The molecule has 1 aromatic carbocycles. The number of methoxy groups -OCH3 is 1. The molecule has 1 saturated heterocycles. The van der Waals surface area contributed by atoms with Crippen LogP contribution in [0.2, 0.25) is 0 Å². The Morgan fingerprint density at radius 3 is 2.85 bits per heavy atom. The number of aromatic nitrogens is 2. The van der Waals surface area contributed by atoms with Gasteiger partial charge in [0.1, 0.15) is 11.9 Å². The van der Waals surface area contributed by atoms with Crippen LogP contribution in [0.15, 0.2) is 36.7 Å². The molecule has 1 aliphatic carbocycles. The van der Waals surface area contributed by atoms with E-state index >= 15 is 0 Å². The van der Waals surface area contributed by atoms with Crippen LogP contribution in [0.1, 0.15) is 37.5 Å². The third-order valence-electron chi connectivity index (χ3n) is 5.46. The molecule has 0 N–H and O–H groups in total. The van der Waals surface area contributed by atoms with Crippen molar-refractivity contribution in [3.8, 4) is 17.0 Å². The number of hydrogen-bond acceptors (Lipinski definition) is 5. The van der Waals surface area contributed by atoms with Gasteiger partial charge in [-0.3, -0.25) is 14.8 Å². The third-order valence-corrected chi connectivity index (χ3v) is 5.46. The van der Waals surface area contributed by atoms with Gasteiger partial charge in [-0.15, -0.1) is 0 Å². The van der Waals surface area contributed by atoms with E-state index in [0.29, 0.717) is 19.7 Å². The van der Waals surface area contributed by atoms with Crippen molar-refractivity contribution in [3.05, 3.63) is 42.4 Å². The highest BCUT2D eigenvalue weighted by atomic mass is 16.5. The van der Waals surface area contributed by atoms with Crippen LogP contribution >= 0.6 is 0 Å². The average molecular weight is 367 g/mol. The van der Waals surface area contributed by atoms with Gasteiger partial charge >= 0.3 is 0 Å². The van der Waals surface area contributed by atoms with Gasteiger partial charge in [0.05, 0.1) is 31.6 Å². The molecular formula is C21H25N3O3. The van der Waals surface area contributed by atoms with E-state index in [2.05, 4.69) is 9.97 Å². The van der Waals surface area contributed by atoms with E-state index in [-0.39, 0.29) is 17.9 Å². The number of carbonyl (C=O) groups excluding carboxylic acids is 1. The van der Waals surface area contributed by atoms with Gasteiger partial charge in [-0.05, 0) is 25.0 Å². The third kappa shape index (κ3) is 3.81. The smallest absolute Gasteiger partial charge is 0.225 e. The molecule has 1 aromatic heterocycles. The molecule has 1 atom stereocenters. The lowest BCUT2D eigenvalue weighted by Crippen LogP contribution is -2.44. The first-order valence-corrected chi connectivity index (χ1v) is 9.62. The van der Waals surface area contributed by atoms with Crippen molar-refractivity contribution >= 4 is 5.91 Å². The lowest BCUT2D eigenvalue weighted by Gasteiger charge is -2.34. The molecular weight excluding hydrogens is 342 g/mol. The number of carbonyl (C=O) groups is 1. The minimum Gasteiger partial charge on any atom is -0.497 e. The van der Waals surface area contributed by atoms with Crippen LogP contribution in [0.4, 0.5) is 0 Å². The van der Waals surface area contributed by atoms with E-state index in [1.807, 2.05) is 29.2 Å². The molecule has 0 spiro atoms. The van der Waals surface area contributed by atoms with Crippen molar-refractivity contribution in [2.75, 3.05) is 26.8 Å². The molecule has 6 heteroatoms. The van der Waals surface area contributed by atoms with Crippen LogP contribution in [0.25, 0.3) is 11.3 Å². The van der Waals surface area contributed by atoms with E-state index in [1.165, 1.54) is 0 Å². The minimum atomic E-state index is -0.265. The zero-order valence-electron chi connectivity index (χ0n) is 15.6. The SMILES string of the molecule is COc1cccc(-c2nccnc2[C@@H]2CN(C(=O)C3CCCC3)CCO2)c1. The predicted octanol–water partition coefficient (Wildman–Crippen LogP) is 3.24. The van der Waals surface area contributed by atoms with Crippen LogP contribution < -0.4 is 4.74 Å². The van der Waals surface area contributed by atoms with Gasteiger partial charge < -0.3 is 14.4 Å². The zero-order chi connectivity index (χ0) is 18.6. The summed E-state index contributed by atoms with van der Waals surface area (Å²) in [5, 5.41) is 0. The molecule has 142 valence electrons. The van der Waals surface area contributed by atoms with Crippen LogP contribution in [0, 0.1) is 5.92 Å². The van der Waals surface area contributed by atoms with E-state index in [9.17, 15) is 4.79 Å². The monoisotopic (exact) mass is 367 g/mol. The van der Waals surface area contributed by atoms with Crippen LogP contribution in [0.5, 0.6) is 5.75 Å². The second-order valence-corrected chi connectivity index (χ2v) is 7.15. The summed E-state index contributed by atoms with van der Waals surface area (Å²) < 4.78 is 11.3. The molecule has 1 aliphatic heterocycles. The largest absolute Gasteiger partial charge is 0.497 e. The maximum Gasteiger partial charge on any atom is 0.225 e. The molecule has 1 saturated carbocycles. The van der Waals surface area contributed by atoms with Crippen molar-refractivity contribution in [1.82, 2.24) is 14.9 Å². The molecule has 0 radical (unpaired) electrons. The number of hydrogen-bond donors (Lipinski definition) is 0. The Morgan fingerprint density at radius 2 is 2.04 bits per heavy atom. The van der Waals surface area contributed by atoms with Crippen LogP contribution in [0.3, 0.4) is 0 Å². The predicted molar refractivity (Wildman–Crippen MR) is 101 cm³/mol. The Bertz CT molecular complexity index is 805. The molecule has 6 nitrogen and oxygen atoms in total. The van der Waals surface area contributed by atoms with Crippen LogP contribution in [-0.4, -0.2) is 47.6 Å². The summed E-state index contributed by atoms with van der Waals surface area (Å²) in [5.74, 6) is 1.22. The summed E-state index contributed by atoms with van der Waals surface area (Å²) in [5.41, 5.74) is 2.48. The standard InChI is InChI=1S/C21H25N3O3/c1-26-17-8-4-7-16(13-17)19-20(23-10-9-22-19)18-14-24(11-12-27-18)21(25)15-5-2-3-6-15/h4,7-10,13,15,18H,2-3,5-6,11-12,14H2,1H3/t18-/m0/s1. The Balaban J connectivity index is 1.58. The first kappa shape index (κ1) is 17.9. The molecule has 4 rings (SSSR count). The quantitative estimate of drug-likeness (QED) is 0.830. The fourth-order valence-electron chi connectivity index (χ4n) is 4.02. The molecule has 2 aromatic rings. The lowest BCUT2D eigenvalue weighted by molar-refractivity contribution is -0.143. The fraction of sp³-hybridized carbons (Fsp3) is 0.476. The number of amides is 1. The van der Waals surface area contributed by atoms with Gasteiger partial charge in [-0.1, -0.05) is 25.0 Å². The van der Waals surface area contributed by atoms with Gasteiger partial charge in [-0.25, -0.2) is 0 Å². The molecule has 1 amide bonds. The van der Waals surface area contributed by atoms with Gasteiger partial charge in [0.15, 0.2) is 0 Å². The Labute approximate surface area is 159 Å². The van der Waals surface area contributed by atoms with Gasteiger partial charge in [0.25, 0.3) is 0 Å². The Morgan fingerprint density at radius 1 is 1.22 bits per heavy atom. The molecule has 27 heavy (non-hydrogen) atoms. The topological polar surface area (TPSA) is 64.6 Å². The maximum atomic E-state index is 12.8. The average Bonchev–Trinajstić information content (AvgIpc) is 3.28. The minimum absolute atomic E-state index is 0.184. The molecule has 0 bridgehead atoms. The van der Waals surface area contributed by atoms with Crippen molar-refractivity contribution < 1.29 is 14.3 Å². The van der Waals surface area contributed by atoms with Gasteiger partial charge in [-0.2, -0.15) is 0 Å². The normalized spacial score (nSPS) is 20.6. The van der Waals surface area contributed by atoms with Crippen molar-refractivity contribution in [1.29, 1.82) is 0 Å². The van der Waals surface area contributed by atoms with Crippen molar-refractivity contribution in [3.63, 3.8) is 0 Å². The molecule has 2 aliphatic rings. The number of nitrogens with zero attached hydrogens (tertiary/aromatic N) is 3. The van der Waals surface area contributed by atoms with E-state index < -0.39 is 0 Å². The summed E-state index contributed by atoms with van der Waals surface area (Å²) in [7, 11) is 1.65. The summed E-state index contributed by atoms with van der Waals surface area (Å²) in [6, 6.07) is 7.76. The summed E-state index contributed by atoms with van der Waals surface area (Å²) in [4.78, 5) is 23.9. The van der Waals surface area contributed by atoms with Gasteiger partial charge in [0, 0.05) is 30.4 Å². The van der Waals surface area contributed by atoms with Crippen molar-refractivity contribution in [2.24, 2.45) is 5.92 Å². The number of benzene rings is 1. The van der Waals surface area contributed by atoms with E-state index in [0.717, 1.165) is 48.4 Å². The fourth-order valence-corrected chi connectivity index (χ4v) is 4.02. The Kier molecular flexibility index (Phi) is 5.34. The zero-order valence-corrected chi connectivity index (χ0v) is 15.6. The highest BCUT2D eigenvalue weighted by Crippen LogP contribution is 2.32. The van der Waals surface area contributed by atoms with Gasteiger partial charge in [0.2, 0.25) is 5.91 Å². The Hall–Kier alpha value is -2.47. The first-order valence-electron chi connectivity index (χ1n) is 9.62. The summed E-state index contributed by atoms with van der Waals surface area (Å²) in [6.45, 7) is 1.71. The second kappa shape index (κ2) is 8.05. The number of rotatable bonds is 4. The summed E-state index contributed by atoms with van der Waals surface area (Å²) >= 11 is 0. The number of ether oxygens (including phenoxy) is 2. The van der Waals surface area contributed by atoms with Crippen molar-refractivity contribution in [2.45, 2.75) is 31.8 Å². The van der Waals surface area contributed by atoms with E-state index in [4.69, 9.17) is 9.47 Å². The van der Waals surface area contributed by atoms with Crippen LogP contribution in [-0.2, 0) is 9.53 Å². The first-order chi connectivity index (χ1) is 13.3. The second-order valence-electron chi connectivity index (χ2n) is 7.15. The van der Waals surface area contributed by atoms with E-state index in [1.54, 1.807) is 19.5 Å². The molecule has 2 heterocycles. The molecule has 2 fully saturated rings.